The lowest BCUT2D eigenvalue weighted by Gasteiger charge is -2.05. The fraction of sp³-hybridized carbons (Fsp3) is 0.455. The maximum absolute atomic E-state index is 11.3. The van der Waals surface area contributed by atoms with Crippen molar-refractivity contribution in [3.05, 3.63) is 30.1 Å². The molecule has 0 aromatic carbocycles. The predicted molar refractivity (Wildman–Crippen MR) is 60.8 cm³/mol. The Balaban J connectivity index is 2.11. The summed E-state index contributed by atoms with van der Waals surface area (Å²) >= 11 is 0. The molecule has 16 heavy (non-hydrogen) atoms. The van der Waals surface area contributed by atoms with Crippen LogP contribution in [0.2, 0.25) is 0 Å². The number of hydrogen-bond donors (Lipinski definition) is 2. The van der Waals surface area contributed by atoms with Crippen LogP contribution < -0.4 is 10.6 Å². The first-order valence-electron chi connectivity index (χ1n) is 5.19. The van der Waals surface area contributed by atoms with E-state index in [0.29, 0.717) is 26.2 Å². The Morgan fingerprint density at radius 3 is 3.06 bits per heavy atom. The molecular formula is C11H17N3O2. The van der Waals surface area contributed by atoms with Gasteiger partial charge < -0.3 is 15.4 Å². The molecule has 0 aliphatic heterocycles. The molecule has 0 unspecified atom stereocenters. The first-order valence-corrected chi connectivity index (χ1v) is 5.19. The Morgan fingerprint density at radius 2 is 2.38 bits per heavy atom. The molecule has 1 rings (SSSR count). The normalized spacial score (nSPS) is 10.1. The molecule has 1 aromatic heterocycles. The fourth-order valence-electron chi connectivity index (χ4n) is 1.13. The first kappa shape index (κ1) is 12.6. The molecular weight excluding hydrogens is 206 g/mol. The van der Waals surface area contributed by atoms with Gasteiger partial charge in [0.15, 0.2) is 0 Å². The monoisotopic (exact) mass is 223 g/mol. The molecule has 0 saturated heterocycles. The molecule has 0 fully saturated rings. The van der Waals surface area contributed by atoms with E-state index in [1.165, 1.54) is 0 Å². The summed E-state index contributed by atoms with van der Waals surface area (Å²) in [5.41, 5.74) is 0.854. The van der Waals surface area contributed by atoms with Crippen molar-refractivity contribution in [1.29, 1.82) is 0 Å². The van der Waals surface area contributed by atoms with Gasteiger partial charge in [-0.25, -0.2) is 0 Å². The minimum atomic E-state index is -0.0400. The van der Waals surface area contributed by atoms with Crippen LogP contribution in [0.5, 0.6) is 0 Å². The van der Waals surface area contributed by atoms with Crippen molar-refractivity contribution >= 4 is 5.91 Å². The van der Waals surface area contributed by atoms with E-state index in [1.54, 1.807) is 13.3 Å². The third kappa shape index (κ3) is 5.43. The second kappa shape index (κ2) is 7.78. The van der Waals surface area contributed by atoms with Crippen LogP contribution in [-0.2, 0) is 16.1 Å². The molecule has 0 aliphatic rings. The number of amides is 1. The van der Waals surface area contributed by atoms with Gasteiger partial charge in [0.25, 0.3) is 0 Å². The van der Waals surface area contributed by atoms with Crippen molar-refractivity contribution in [2.45, 2.75) is 6.54 Å². The van der Waals surface area contributed by atoms with E-state index in [9.17, 15) is 4.79 Å². The third-order valence-corrected chi connectivity index (χ3v) is 1.96. The molecule has 88 valence electrons. The minimum absolute atomic E-state index is 0.0400. The number of pyridine rings is 1. The molecule has 2 N–H and O–H groups in total. The number of nitrogens with one attached hydrogen (secondary N) is 2. The summed E-state index contributed by atoms with van der Waals surface area (Å²) in [4.78, 5) is 15.4. The summed E-state index contributed by atoms with van der Waals surface area (Å²) in [7, 11) is 1.63. The summed E-state index contributed by atoms with van der Waals surface area (Å²) in [5, 5.41) is 5.74. The SMILES string of the molecule is COCCNCC(=O)NCc1ccccn1. The van der Waals surface area contributed by atoms with E-state index in [1.807, 2.05) is 18.2 Å². The number of ether oxygens (including phenoxy) is 1. The number of carbonyl (C=O) groups excluding carboxylic acids is 1. The maximum Gasteiger partial charge on any atom is 0.234 e. The summed E-state index contributed by atoms with van der Waals surface area (Å²) in [6.07, 6.45) is 1.71. The van der Waals surface area contributed by atoms with Crippen molar-refractivity contribution in [2.75, 3.05) is 26.8 Å². The van der Waals surface area contributed by atoms with Gasteiger partial charge in [-0.3, -0.25) is 9.78 Å². The lowest BCUT2D eigenvalue weighted by molar-refractivity contribution is -0.120. The van der Waals surface area contributed by atoms with E-state index in [2.05, 4.69) is 15.6 Å². The molecule has 0 saturated carbocycles. The van der Waals surface area contributed by atoms with Gasteiger partial charge in [-0.05, 0) is 12.1 Å². The van der Waals surface area contributed by atoms with Gasteiger partial charge in [-0.2, -0.15) is 0 Å². The topological polar surface area (TPSA) is 63.2 Å². The average molecular weight is 223 g/mol. The van der Waals surface area contributed by atoms with Crippen LogP contribution >= 0.6 is 0 Å². The molecule has 0 spiro atoms. The van der Waals surface area contributed by atoms with E-state index in [4.69, 9.17) is 4.74 Å². The largest absolute Gasteiger partial charge is 0.383 e. The van der Waals surface area contributed by atoms with Crippen molar-refractivity contribution in [3.63, 3.8) is 0 Å². The van der Waals surface area contributed by atoms with E-state index in [0.717, 1.165) is 5.69 Å². The zero-order valence-electron chi connectivity index (χ0n) is 9.40. The molecule has 1 aromatic rings. The van der Waals surface area contributed by atoms with Crippen LogP contribution in [0.1, 0.15) is 5.69 Å². The van der Waals surface area contributed by atoms with Crippen molar-refractivity contribution < 1.29 is 9.53 Å². The molecule has 5 heteroatoms. The summed E-state index contributed by atoms with van der Waals surface area (Å²) in [5.74, 6) is -0.0400. The van der Waals surface area contributed by atoms with Crippen LogP contribution in [-0.4, -0.2) is 37.7 Å². The zero-order chi connectivity index (χ0) is 11.6. The fourth-order valence-corrected chi connectivity index (χ4v) is 1.13. The Kier molecular flexibility index (Phi) is 6.13. The minimum Gasteiger partial charge on any atom is -0.383 e. The van der Waals surface area contributed by atoms with Crippen LogP contribution in [0, 0.1) is 0 Å². The van der Waals surface area contributed by atoms with E-state index < -0.39 is 0 Å². The molecule has 0 atom stereocenters. The summed E-state index contributed by atoms with van der Waals surface area (Å²) < 4.78 is 4.85. The molecule has 0 radical (unpaired) electrons. The van der Waals surface area contributed by atoms with Gasteiger partial charge in [-0.1, -0.05) is 6.07 Å². The molecule has 0 bridgehead atoms. The number of nitrogens with zero attached hydrogens (tertiary/aromatic N) is 1. The van der Waals surface area contributed by atoms with Gasteiger partial charge in [0, 0.05) is 19.9 Å². The van der Waals surface area contributed by atoms with Gasteiger partial charge in [-0.15, -0.1) is 0 Å². The number of carbonyl (C=O) groups is 1. The highest BCUT2D eigenvalue weighted by Crippen LogP contribution is 1.91. The van der Waals surface area contributed by atoms with Gasteiger partial charge >= 0.3 is 0 Å². The Bertz CT molecular complexity index is 303. The van der Waals surface area contributed by atoms with Gasteiger partial charge in [0.1, 0.15) is 0 Å². The first-order chi connectivity index (χ1) is 7.83. The Morgan fingerprint density at radius 1 is 1.50 bits per heavy atom. The van der Waals surface area contributed by atoms with Crippen molar-refractivity contribution in [3.8, 4) is 0 Å². The van der Waals surface area contributed by atoms with Crippen LogP contribution in [0.3, 0.4) is 0 Å². The number of hydrogen-bond acceptors (Lipinski definition) is 4. The lowest BCUT2D eigenvalue weighted by Crippen LogP contribution is -2.34. The van der Waals surface area contributed by atoms with Crippen LogP contribution in [0.15, 0.2) is 24.4 Å². The second-order valence-electron chi connectivity index (χ2n) is 3.27. The number of rotatable bonds is 7. The Hall–Kier alpha value is -1.46. The molecule has 1 heterocycles. The van der Waals surface area contributed by atoms with Crippen LogP contribution in [0.4, 0.5) is 0 Å². The predicted octanol–water partition coefficient (Wildman–Crippen LogP) is -0.0662. The second-order valence-corrected chi connectivity index (χ2v) is 3.27. The maximum atomic E-state index is 11.3. The average Bonchev–Trinajstić information content (AvgIpc) is 2.33. The highest BCUT2D eigenvalue weighted by atomic mass is 16.5. The molecule has 0 aliphatic carbocycles. The highest BCUT2D eigenvalue weighted by molar-refractivity contribution is 5.77. The van der Waals surface area contributed by atoms with Crippen molar-refractivity contribution in [1.82, 2.24) is 15.6 Å². The molecule has 1 amide bonds. The molecule has 5 nitrogen and oxygen atoms in total. The number of methoxy groups -OCH3 is 1. The van der Waals surface area contributed by atoms with Gasteiger partial charge in [0.05, 0.1) is 25.4 Å². The van der Waals surface area contributed by atoms with Crippen LogP contribution in [0.25, 0.3) is 0 Å². The van der Waals surface area contributed by atoms with Crippen molar-refractivity contribution in [2.24, 2.45) is 0 Å². The third-order valence-electron chi connectivity index (χ3n) is 1.96. The quantitative estimate of drug-likeness (QED) is 0.635. The summed E-state index contributed by atoms with van der Waals surface area (Å²) in [6.45, 7) is 2.04. The van der Waals surface area contributed by atoms with E-state index in [-0.39, 0.29) is 5.91 Å². The smallest absolute Gasteiger partial charge is 0.234 e. The standard InChI is InChI=1S/C11H17N3O2/c1-16-7-6-12-9-11(15)14-8-10-4-2-3-5-13-10/h2-5,12H,6-9H2,1H3,(H,14,15). The Labute approximate surface area is 95.2 Å². The number of aromatic nitrogens is 1. The lowest BCUT2D eigenvalue weighted by atomic mass is 10.3. The van der Waals surface area contributed by atoms with E-state index >= 15 is 0 Å². The van der Waals surface area contributed by atoms with Gasteiger partial charge in [0.2, 0.25) is 5.91 Å². The highest BCUT2D eigenvalue weighted by Gasteiger charge is 2.00. The zero-order valence-corrected chi connectivity index (χ0v) is 9.40. The summed E-state index contributed by atoms with van der Waals surface area (Å²) in [6, 6.07) is 5.61.